The molecule has 110 valence electrons. The zero-order chi connectivity index (χ0) is 14.6. The highest BCUT2D eigenvalue weighted by molar-refractivity contribution is 7.91. The Bertz CT molecular complexity index is 446. The number of rotatable bonds is 5. The van der Waals surface area contributed by atoms with E-state index in [1.54, 1.807) is 13.8 Å². The van der Waals surface area contributed by atoms with E-state index < -0.39 is 27.9 Å². The Morgan fingerprint density at radius 1 is 1.37 bits per heavy atom. The number of sulfone groups is 1. The first-order chi connectivity index (χ1) is 8.71. The molecule has 0 aliphatic carbocycles. The molecule has 1 aliphatic heterocycles. The maximum absolute atomic E-state index is 11.5. The van der Waals surface area contributed by atoms with E-state index in [0.717, 1.165) is 0 Å². The summed E-state index contributed by atoms with van der Waals surface area (Å²) >= 11 is 0. The van der Waals surface area contributed by atoms with Crippen LogP contribution in [0.25, 0.3) is 0 Å². The van der Waals surface area contributed by atoms with E-state index in [9.17, 15) is 18.0 Å². The molecule has 0 aromatic rings. The standard InChI is InChI=1S/C11H20N2O5S/c1-7(2)9(10(14)15)13-11(16)12-5-8-3-4-19(17,18)6-8/h7-9H,3-6H2,1-2H3,(H,14,15)(H2,12,13,16)/t8?,9-/m1/s1. The molecular weight excluding hydrogens is 272 g/mol. The van der Waals surface area contributed by atoms with Gasteiger partial charge in [0.1, 0.15) is 6.04 Å². The molecule has 0 spiro atoms. The van der Waals surface area contributed by atoms with Gasteiger partial charge in [0.25, 0.3) is 0 Å². The highest BCUT2D eigenvalue weighted by Crippen LogP contribution is 2.17. The van der Waals surface area contributed by atoms with Crippen molar-refractivity contribution in [3.05, 3.63) is 0 Å². The van der Waals surface area contributed by atoms with Gasteiger partial charge in [-0.15, -0.1) is 0 Å². The molecule has 2 amide bonds. The Morgan fingerprint density at radius 3 is 2.42 bits per heavy atom. The van der Waals surface area contributed by atoms with Gasteiger partial charge in [0.2, 0.25) is 0 Å². The number of carboxylic acid groups (broad SMARTS) is 1. The molecule has 0 radical (unpaired) electrons. The van der Waals surface area contributed by atoms with Crippen molar-refractivity contribution >= 4 is 21.8 Å². The number of aliphatic carboxylic acids is 1. The number of urea groups is 1. The average Bonchev–Trinajstić information content (AvgIpc) is 2.62. The maximum Gasteiger partial charge on any atom is 0.326 e. The number of hydrogen-bond donors (Lipinski definition) is 3. The lowest BCUT2D eigenvalue weighted by Gasteiger charge is -2.19. The van der Waals surface area contributed by atoms with Crippen LogP contribution in [-0.2, 0) is 14.6 Å². The SMILES string of the molecule is CC(C)[C@@H](NC(=O)NCC1CCS(=O)(=O)C1)C(=O)O. The third-order valence-electron chi connectivity index (χ3n) is 3.10. The molecule has 0 aromatic heterocycles. The molecular formula is C11H20N2O5S. The number of carbonyl (C=O) groups excluding carboxylic acids is 1. The lowest BCUT2D eigenvalue weighted by atomic mass is 10.1. The summed E-state index contributed by atoms with van der Waals surface area (Å²) < 4.78 is 22.5. The fourth-order valence-corrected chi connectivity index (χ4v) is 3.84. The van der Waals surface area contributed by atoms with E-state index in [0.29, 0.717) is 6.42 Å². The summed E-state index contributed by atoms with van der Waals surface area (Å²) in [4.78, 5) is 22.4. The molecule has 1 saturated heterocycles. The smallest absolute Gasteiger partial charge is 0.326 e. The van der Waals surface area contributed by atoms with Gasteiger partial charge in [-0.05, 0) is 18.3 Å². The first-order valence-electron chi connectivity index (χ1n) is 6.19. The highest BCUT2D eigenvalue weighted by Gasteiger charge is 2.28. The van der Waals surface area contributed by atoms with Gasteiger partial charge < -0.3 is 15.7 Å². The molecule has 1 unspecified atom stereocenters. The summed E-state index contributed by atoms with van der Waals surface area (Å²) in [5, 5.41) is 13.8. The van der Waals surface area contributed by atoms with Crippen molar-refractivity contribution in [3.63, 3.8) is 0 Å². The van der Waals surface area contributed by atoms with Crippen LogP contribution in [0.2, 0.25) is 0 Å². The van der Waals surface area contributed by atoms with Crippen molar-refractivity contribution in [2.75, 3.05) is 18.1 Å². The van der Waals surface area contributed by atoms with E-state index in [-0.39, 0.29) is 29.9 Å². The van der Waals surface area contributed by atoms with Gasteiger partial charge in [-0.3, -0.25) is 0 Å². The number of hydrogen-bond acceptors (Lipinski definition) is 4. The third kappa shape index (κ3) is 5.06. The van der Waals surface area contributed by atoms with Crippen LogP contribution in [0.3, 0.4) is 0 Å². The zero-order valence-corrected chi connectivity index (χ0v) is 11.9. The van der Waals surface area contributed by atoms with Crippen molar-refractivity contribution in [2.45, 2.75) is 26.3 Å². The molecule has 7 nitrogen and oxygen atoms in total. The lowest BCUT2D eigenvalue weighted by Crippen LogP contribution is -2.49. The van der Waals surface area contributed by atoms with Crippen LogP contribution < -0.4 is 10.6 Å². The Hall–Kier alpha value is -1.31. The molecule has 1 fully saturated rings. The fraction of sp³-hybridized carbons (Fsp3) is 0.818. The number of nitrogens with one attached hydrogen (secondary N) is 2. The van der Waals surface area contributed by atoms with Crippen LogP contribution in [0.4, 0.5) is 4.79 Å². The van der Waals surface area contributed by atoms with Gasteiger partial charge in [-0.25, -0.2) is 18.0 Å². The quantitative estimate of drug-likeness (QED) is 0.651. The molecule has 1 rings (SSSR count). The van der Waals surface area contributed by atoms with Crippen molar-refractivity contribution < 1.29 is 23.1 Å². The summed E-state index contributed by atoms with van der Waals surface area (Å²) in [6.45, 7) is 3.64. The molecule has 0 bridgehead atoms. The average molecular weight is 292 g/mol. The second kappa shape index (κ2) is 6.23. The molecule has 19 heavy (non-hydrogen) atoms. The van der Waals surface area contributed by atoms with E-state index in [4.69, 9.17) is 5.11 Å². The first kappa shape index (κ1) is 15.7. The van der Waals surface area contributed by atoms with Gasteiger partial charge in [0.15, 0.2) is 9.84 Å². The van der Waals surface area contributed by atoms with Gasteiger partial charge in [-0.1, -0.05) is 13.8 Å². The summed E-state index contributed by atoms with van der Waals surface area (Å²) in [6.07, 6.45) is 0.537. The largest absolute Gasteiger partial charge is 0.480 e. The zero-order valence-electron chi connectivity index (χ0n) is 11.0. The monoisotopic (exact) mass is 292 g/mol. The highest BCUT2D eigenvalue weighted by atomic mass is 32.2. The van der Waals surface area contributed by atoms with E-state index in [1.807, 2.05) is 0 Å². The van der Waals surface area contributed by atoms with Crippen molar-refractivity contribution in [2.24, 2.45) is 11.8 Å². The predicted octanol–water partition coefficient (Wildman–Crippen LogP) is -0.170. The Balaban J connectivity index is 2.38. The minimum atomic E-state index is -2.96. The number of carboxylic acids is 1. The second-order valence-electron chi connectivity index (χ2n) is 5.18. The Kier molecular flexibility index (Phi) is 5.16. The van der Waals surface area contributed by atoms with Crippen LogP contribution in [0.15, 0.2) is 0 Å². The topological polar surface area (TPSA) is 113 Å². The van der Waals surface area contributed by atoms with Gasteiger partial charge >= 0.3 is 12.0 Å². The summed E-state index contributed by atoms with van der Waals surface area (Å²) in [6, 6.07) is -1.53. The minimum Gasteiger partial charge on any atom is -0.480 e. The van der Waals surface area contributed by atoms with Crippen LogP contribution in [0.1, 0.15) is 20.3 Å². The van der Waals surface area contributed by atoms with Crippen LogP contribution in [-0.4, -0.2) is 49.6 Å². The minimum absolute atomic E-state index is 0.0832. The van der Waals surface area contributed by atoms with E-state index >= 15 is 0 Å². The van der Waals surface area contributed by atoms with Crippen LogP contribution >= 0.6 is 0 Å². The molecule has 1 heterocycles. The molecule has 2 atom stereocenters. The van der Waals surface area contributed by atoms with Crippen molar-refractivity contribution in [1.29, 1.82) is 0 Å². The van der Waals surface area contributed by atoms with Crippen molar-refractivity contribution in [1.82, 2.24) is 10.6 Å². The molecule has 0 aromatic carbocycles. The normalized spacial score (nSPS) is 23.0. The molecule has 3 N–H and O–H groups in total. The van der Waals surface area contributed by atoms with E-state index in [1.165, 1.54) is 0 Å². The third-order valence-corrected chi connectivity index (χ3v) is 4.93. The summed E-state index contributed by atoms with van der Waals surface area (Å²) in [7, 11) is -2.96. The van der Waals surface area contributed by atoms with Crippen molar-refractivity contribution in [3.8, 4) is 0 Å². The predicted molar refractivity (Wildman–Crippen MR) is 69.6 cm³/mol. The Morgan fingerprint density at radius 2 is 2.00 bits per heavy atom. The number of amides is 2. The van der Waals surface area contributed by atoms with Crippen LogP contribution in [0.5, 0.6) is 0 Å². The molecule has 0 saturated carbocycles. The first-order valence-corrected chi connectivity index (χ1v) is 8.01. The molecule has 1 aliphatic rings. The van der Waals surface area contributed by atoms with Gasteiger partial charge in [-0.2, -0.15) is 0 Å². The van der Waals surface area contributed by atoms with Gasteiger partial charge in [0.05, 0.1) is 11.5 Å². The van der Waals surface area contributed by atoms with Crippen LogP contribution in [0, 0.1) is 11.8 Å². The maximum atomic E-state index is 11.5. The van der Waals surface area contributed by atoms with E-state index in [2.05, 4.69) is 10.6 Å². The summed E-state index contributed by atoms with van der Waals surface area (Å²) in [5.74, 6) is -1.16. The lowest BCUT2D eigenvalue weighted by molar-refractivity contribution is -0.140. The summed E-state index contributed by atoms with van der Waals surface area (Å²) in [5.41, 5.74) is 0. The second-order valence-corrected chi connectivity index (χ2v) is 7.41. The Labute approximate surface area is 112 Å². The fourth-order valence-electron chi connectivity index (χ4n) is 1.98. The van der Waals surface area contributed by atoms with Gasteiger partial charge in [0, 0.05) is 6.54 Å². The number of carbonyl (C=O) groups is 2. The molecule has 8 heteroatoms.